The molecule has 17 heavy (non-hydrogen) atoms. The molecule has 0 saturated heterocycles. The highest BCUT2D eigenvalue weighted by atomic mass is 32.2. The van der Waals surface area contributed by atoms with Crippen molar-refractivity contribution in [2.24, 2.45) is 5.14 Å². The molecule has 0 spiro atoms. The van der Waals surface area contributed by atoms with Crippen molar-refractivity contribution in [2.45, 2.75) is 11.9 Å². The molecule has 0 aromatic heterocycles. The molecule has 0 saturated carbocycles. The minimum absolute atomic E-state index is 0.0411. The third kappa shape index (κ3) is 3.90. The third-order valence-electron chi connectivity index (χ3n) is 1.94. The fourth-order valence-electron chi connectivity index (χ4n) is 1.30. The minimum atomic E-state index is -4.61. The zero-order chi connectivity index (χ0) is 13.3. The van der Waals surface area contributed by atoms with Gasteiger partial charge in [-0.2, -0.15) is 13.2 Å². The number of alkyl halides is 3. The van der Waals surface area contributed by atoms with E-state index in [2.05, 4.69) is 4.74 Å². The second-order valence-electron chi connectivity index (χ2n) is 3.34. The van der Waals surface area contributed by atoms with Crippen LogP contribution in [0.5, 0.6) is 5.75 Å². The van der Waals surface area contributed by atoms with Crippen molar-refractivity contribution in [3.05, 3.63) is 29.3 Å². The summed E-state index contributed by atoms with van der Waals surface area (Å²) in [5.41, 5.74) is -1.07. The van der Waals surface area contributed by atoms with Crippen LogP contribution in [-0.2, 0) is 22.0 Å². The molecule has 0 fully saturated rings. The molecule has 0 aliphatic heterocycles. The molecular weight excluding hydrogens is 259 g/mol. The molecule has 96 valence electrons. The molecule has 0 aliphatic rings. The molecule has 8 heteroatoms. The van der Waals surface area contributed by atoms with E-state index in [0.717, 1.165) is 13.2 Å². The van der Waals surface area contributed by atoms with Gasteiger partial charge in [-0.05, 0) is 17.7 Å². The van der Waals surface area contributed by atoms with Crippen LogP contribution in [0.4, 0.5) is 13.2 Å². The summed E-state index contributed by atoms with van der Waals surface area (Å²) in [6.07, 6.45) is -4.61. The number of hydrogen-bond donors (Lipinski definition) is 1. The lowest BCUT2D eigenvalue weighted by Crippen LogP contribution is -2.15. The third-order valence-corrected chi connectivity index (χ3v) is 2.67. The molecule has 1 rings (SSSR count). The second-order valence-corrected chi connectivity index (χ2v) is 4.95. The van der Waals surface area contributed by atoms with Crippen LogP contribution in [-0.4, -0.2) is 15.5 Å². The van der Waals surface area contributed by atoms with Crippen LogP contribution in [0, 0.1) is 0 Å². The Morgan fingerprint density at radius 3 is 2.35 bits per heavy atom. The Balaban J connectivity index is 3.23. The number of primary sulfonamides is 1. The quantitative estimate of drug-likeness (QED) is 0.904. The predicted molar refractivity (Wildman–Crippen MR) is 54.8 cm³/mol. The Bertz CT molecular complexity index is 511. The van der Waals surface area contributed by atoms with Gasteiger partial charge in [0.15, 0.2) is 0 Å². The summed E-state index contributed by atoms with van der Waals surface area (Å²) in [5, 5.41) is 4.76. The second kappa shape index (κ2) is 4.53. The summed E-state index contributed by atoms with van der Waals surface area (Å²) < 4.78 is 63.9. The highest BCUT2D eigenvalue weighted by Crippen LogP contribution is 2.36. The highest BCUT2D eigenvalue weighted by Gasteiger charge is 2.34. The average molecular weight is 269 g/mol. The van der Waals surface area contributed by atoms with Crippen LogP contribution in [0.25, 0.3) is 0 Å². The predicted octanol–water partition coefficient (Wildman–Crippen LogP) is 1.50. The summed E-state index contributed by atoms with van der Waals surface area (Å²) in [5.74, 6) is -1.02. The molecule has 0 heterocycles. The van der Waals surface area contributed by atoms with Gasteiger partial charge in [-0.25, -0.2) is 13.6 Å². The average Bonchev–Trinajstić information content (AvgIpc) is 2.13. The molecular formula is C9H10F3NO3S. The topological polar surface area (TPSA) is 69.4 Å². The maximum atomic E-state index is 12.6. The van der Waals surface area contributed by atoms with Gasteiger partial charge in [0, 0.05) is 0 Å². The number of rotatable bonds is 3. The van der Waals surface area contributed by atoms with Crippen molar-refractivity contribution in [2.75, 3.05) is 7.11 Å². The maximum Gasteiger partial charge on any atom is 0.419 e. The Kier molecular flexibility index (Phi) is 3.68. The number of methoxy groups -OCH3 is 1. The van der Waals surface area contributed by atoms with E-state index in [-0.39, 0.29) is 11.3 Å². The van der Waals surface area contributed by atoms with Crippen LogP contribution in [0.15, 0.2) is 18.2 Å². The van der Waals surface area contributed by atoms with Crippen molar-refractivity contribution >= 4 is 10.0 Å². The smallest absolute Gasteiger partial charge is 0.419 e. The normalized spacial score (nSPS) is 12.5. The van der Waals surface area contributed by atoms with Crippen LogP contribution in [0.2, 0.25) is 0 Å². The van der Waals surface area contributed by atoms with Crippen molar-refractivity contribution in [1.29, 1.82) is 0 Å². The van der Waals surface area contributed by atoms with Crippen LogP contribution in [0.1, 0.15) is 11.1 Å². The van der Waals surface area contributed by atoms with Crippen molar-refractivity contribution in [3.63, 3.8) is 0 Å². The molecule has 2 N–H and O–H groups in total. The Morgan fingerprint density at radius 1 is 1.35 bits per heavy atom. The van der Waals surface area contributed by atoms with Gasteiger partial charge in [0.05, 0.1) is 18.4 Å². The first-order valence-electron chi connectivity index (χ1n) is 4.38. The van der Waals surface area contributed by atoms with E-state index < -0.39 is 27.5 Å². The molecule has 0 bridgehead atoms. The number of halogens is 3. The van der Waals surface area contributed by atoms with Gasteiger partial charge < -0.3 is 4.74 Å². The van der Waals surface area contributed by atoms with Gasteiger partial charge in [-0.3, -0.25) is 0 Å². The first kappa shape index (κ1) is 13.8. The van der Waals surface area contributed by atoms with Gasteiger partial charge in [-0.1, -0.05) is 6.07 Å². The number of hydrogen-bond acceptors (Lipinski definition) is 3. The first-order chi connectivity index (χ1) is 7.63. The molecule has 1 aromatic rings. The van der Waals surface area contributed by atoms with E-state index in [1.165, 1.54) is 6.07 Å². The monoisotopic (exact) mass is 269 g/mol. The van der Waals surface area contributed by atoms with Gasteiger partial charge >= 0.3 is 6.18 Å². The molecule has 0 radical (unpaired) electrons. The van der Waals surface area contributed by atoms with Crippen molar-refractivity contribution in [3.8, 4) is 5.75 Å². The van der Waals surface area contributed by atoms with Gasteiger partial charge in [0.1, 0.15) is 5.75 Å². The van der Waals surface area contributed by atoms with E-state index in [0.29, 0.717) is 6.07 Å². The number of sulfonamides is 1. The molecule has 1 aromatic carbocycles. The number of nitrogens with two attached hydrogens (primary N) is 1. The zero-order valence-electron chi connectivity index (χ0n) is 8.78. The fourth-order valence-corrected chi connectivity index (χ4v) is 1.94. The molecule has 0 unspecified atom stereocenters. The SMILES string of the molecule is COc1ccc(CS(N)(=O)=O)cc1C(F)(F)F. The largest absolute Gasteiger partial charge is 0.496 e. The van der Waals surface area contributed by atoms with Crippen LogP contribution >= 0.6 is 0 Å². The fraction of sp³-hybridized carbons (Fsp3) is 0.333. The summed E-state index contributed by atoms with van der Waals surface area (Å²) in [6, 6.07) is 2.99. The summed E-state index contributed by atoms with van der Waals surface area (Å²) in [7, 11) is -2.77. The van der Waals surface area contributed by atoms with Crippen LogP contribution in [0.3, 0.4) is 0 Å². The van der Waals surface area contributed by atoms with E-state index >= 15 is 0 Å². The minimum Gasteiger partial charge on any atom is -0.496 e. The molecule has 0 amide bonds. The van der Waals surface area contributed by atoms with E-state index in [1.54, 1.807) is 0 Å². The lowest BCUT2D eigenvalue weighted by atomic mass is 10.1. The van der Waals surface area contributed by atoms with Gasteiger partial charge in [-0.15, -0.1) is 0 Å². The summed E-state index contributed by atoms with van der Waals surface area (Å²) in [6.45, 7) is 0. The summed E-state index contributed by atoms with van der Waals surface area (Å²) in [4.78, 5) is 0. The lowest BCUT2D eigenvalue weighted by molar-refractivity contribution is -0.138. The number of ether oxygens (including phenoxy) is 1. The van der Waals surface area contributed by atoms with Crippen molar-refractivity contribution < 1.29 is 26.3 Å². The zero-order valence-corrected chi connectivity index (χ0v) is 9.60. The molecule has 4 nitrogen and oxygen atoms in total. The van der Waals surface area contributed by atoms with E-state index in [1.807, 2.05) is 0 Å². The summed E-state index contributed by atoms with van der Waals surface area (Å²) >= 11 is 0. The van der Waals surface area contributed by atoms with Gasteiger partial charge in [0.2, 0.25) is 10.0 Å². The van der Waals surface area contributed by atoms with Crippen molar-refractivity contribution in [1.82, 2.24) is 0 Å². The van der Waals surface area contributed by atoms with Gasteiger partial charge in [0.25, 0.3) is 0 Å². The van der Waals surface area contributed by atoms with E-state index in [4.69, 9.17) is 5.14 Å². The van der Waals surface area contributed by atoms with E-state index in [9.17, 15) is 21.6 Å². The molecule has 0 aliphatic carbocycles. The first-order valence-corrected chi connectivity index (χ1v) is 6.09. The lowest BCUT2D eigenvalue weighted by Gasteiger charge is -2.13. The highest BCUT2D eigenvalue weighted by molar-refractivity contribution is 7.88. The Hall–Kier alpha value is -1.28. The van der Waals surface area contributed by atoms with Crippen LogP contribution < -0.4 is 9.88 Å². The maximum absolute atomic E-state index is 12.6. The standard InChI is InChI=1S/C9H10F3NO3S/c1-16-8-3-2-6(5-17(13,14)15)4-7(8)9(10,11)12/h2-4H,5H2,1H3,(H2,13,14,15). The Labute approximate surface area is 96.2 Å². The molecule has 0 atom stereocenters. The number of benzene rings is 1. The Morgan fingerprint density at radius 2 is 1.94 bits per heavy atom.